The monoisotopic (exact) mass is 311 g/mol. The van der Waals surface area contributed by atoms with Crippen LogP contribution >= 0.6 is 34.4 Å². The first kappa shape index (κ1) is 15.1. The fourth-order valence-corrected chi connectivity index (χ4v) is 4.40. The maximum absolute atomic E-state index is 3.84. The molecule has 1 N–H and O–H groups in total. The Morgan fingerprint density at radius 3 is 2.58 bits per heavy atom. The molecule has 104 valence electrons. The van der Waals surface area contributed by atoms with E-state index in [1.165, 1.54) is 21.9 Å². The molecule has 0 saturated heterocycles. The van der Waals surface area contributed by atoms with E-state index in [-0.39, 0.29) is 0 Å². The number of thioether (sulfide) groups is 1. The molecule has 2 aromatic heterocycles. The van der Waals surface area contributed by atoms with Crippen molar-refractivity contribution < 1.29 is 0 Å². The molecule has 19 heavy (non-hydrogen) atoms. The van der Waals surface area contributed by atoms with Crippen LogP contribution in [0, 0.1) is 0 Å². The van der Waals surface area contributed by atoms with Crippen molar-refractivity contribution in [2.24, 2.45) is 0 Å². The Bertz CT molecular complexity index is 436. The number of nitrogens with one attached hydrogen (secondary N) is 1. The summed E-state index contributed by atoms with van der Waals surface area (Å²) >= 11 is 5.64. The summed E-state index contributed by atoms with van der Waals surface area (Å²) in [7, 11) is 0. The van der Waals surface area contributed by atoms with Crippen molar-refractivity contribution in [2.75, 3.05) is 12.0 Å². The van der Waals surface area contributed by atoms with Gasteiger partial charge >= 0.3 is 0 Å². The first-order valence-corrected chi connectivity index (χ1v) is 9.79. The highest BCUT2D eigenvalue weighted by molar-refractivity contribution is 7.98. The van der Waals surface area contributed by atoms with Gasteiger partial charge in [0.05, 0.1) is 0 Å². The largest absolute Gasteiger partial charge is 0.305 e. The number of thiophene rings is 2. The topological polar surface area (TPSA) is 12.0 Å². The standard InChI is InChI=1S/C15H21NS3/c1-3-12(11-17-2)16-14(15-7-5-9-19-15)10-13-6-4-8-18-13/h4-9,12,14,16H,3,10-11H2,1-2H3. The fourth-order valence-electron chi connectivity index (χ4n) is 2.13. The zero-order valence-corrected chi connectivity index (χ0v) is 13.9. The van der Waals surface area contributed by atoms with Crippen molar-refractivity contribution in [3.8, 4) is 0 Å². The van der Waals surface area contributed by atoms with Crippen molar-refractivity contribution in [3.05, 3.63) is 44.8 Å². The van der Waals surface area contributed by atoms with Crippen LogP contribution in [-0.2, 0) is 6.42 Å². The molecule has 0 bridgehead atoms. The molecule has 2 unspecified atom stereocenters. The molecule has 0 aromatic carbocycles. The van der Waals surface area contributed by atoms with E-state index in [1.807, 2.05) is 34.4 Å². The van der Waals surface area contributed by atoms with Gasteiger partial charge in [-0.15, -0.1) is 22.7 Å². The van der Waals surface area contributed by atoms with E-state index in [1.54, 1.807) is 0 Å². The van der Waals surface area contributed by atoms with Crippen LogP contribution in [0.4, 0.5) is 0 Å². The lowest BCUT2D eigenvalue weighted by molar-refractivity contribution is 0.455. The van der Waals surface area contributed by atoms with E-state index in [2.05, 4.69) is 53.5 Å². The molecule has 0 saturated carbocycles. The Labute approximate surface area is 128 Å². The molecular formula is C15H21NS3. The Balaban J connectivity index is 2.06. The van der Waals surface area contributed by atoms with Crippen LogP contribution in [0.1, 0.15) is 29.1 Å². The minimum absolute atomic E-state index is 0.454. The third kappa shape index (κ3) is 4.63. The number of hydrogen-bond acceptors (Lipinski definition) is 4. The zero-order valence-electron chi connectivity index (χ0n) is 11.5. The first-order valence-electron chi connectivity index (χ1n) is 6.64. The molecule has 4 heteroatoms. The van der Waals surface area contributed by atoms with Gasteiger partial charge in [0.1, 0.15) is 0 Å². The molecule has 0 spiro atoms. The van der Waals surface area contributed by atoms with Gasteiger partial charge in [-0.2, -0.15) is 11.8 Å². The van der Waals surface area contributed by atoms with Crippen molar-refractivity contribution in [2.45, 2.75) is 31.8 Å². The van der Waals surface area contributed by atoms with Gasteiger partial charge in [-0.25, -0.2) is 0 Å². The Morgan fingerprint density at radius 2 is 2.00 bits per heavy atom. The van der Waals surface area contributed by atoms with Gasteiger partial charge in [0.25, 0.3) is 0 Å². The molecule has 2 aromatic rings. The van der Waals surface area contributed by atoms with E-state index in [9.17, 15) is 0 Å². The smallest absolute Gasteiger partial charge is 0.0465 e. The van der Waals surface area contributed by atoms with Crippen molar-refractivity contribution >= 4 is 34.4 Å². The number of hydrogen-bond donors (Lipinski definition) is 1. The van der Waals surface area contributed by atoms with Gasteiger partial charge in [-0.3, -0.25) is 0 Å². The van der Waals surface area contributed by atoms with E-state index in [0.717, 1.165) is 6.42 Å². The normalized spacial score (nSPS) is 14.4. The van der Waals surface area contributed by atoms with Crippen LogP contribution in [0.15, 0.2) is 35.0 Å². The summed E-state index contributed by atoms with van der Waals surface area (Å²) in [4.78, 5) is 2.91. The molecule has 0 aliphatic carbocycles. The van der Waals surface area contributed by atoms with Gasteiger partial charge in [-0.1, -0.05) is 19.1 Å². The van der Waals surface area contributed by atoms with Gasteiger partial charge in [0.15, 0.2) is 0 Å². The molecule has 2 rings (SSSR count). The van der Waals surface area contributed by atoms with E-state index in [0.29, 0.717) is 12.1 Å². The zero-order chi connectivity index (χ0) is 13.5. The molecule has 0 aliphatic rings. The maximum Gasteiger partial charge on any atom is 0.0465 e. The minimum atomic E-state index is 0.454. The Morgan fingerprint density at radius 1 is 1.21 bits per heavy atom. The van der Waals surface area contributed by atoms with Gasteiger partial charge in [0, 0.05) is 34.0 Å². The molecular weight excluding hydrogens is 290 g/mol. The van der Waals surface area contributed by atoms with Crippen molar-refractivity contribution in [1.29, 1.82) is 0 Å². The molecule has 0 fully saturated rings. The maximum atomic E-state index is 3.84. The molecule has 2 heterocycles. The van der Waals surface area contributed by atoms with Gasteiger partial charge in [0.2, 0.25) is 0 Å². The third-order valence-corrected chi connectivity index (χ3v) is 5.79. The SMILES string of the molecule is CCC(CSC)NC(Cc1cccs1)c1cccs1. The molecule has 2 atom stereocenters. The van der Waals surface area contributed by atoms with E-state index < -0.39 is 0 Å². The van der Waals surface area contributed by atoms with E-state index in [4.69, 9.17) is 0 Å². The molecule has 0 radical (unpaired) electrons. The average molecular weight is 312 g/mol. The summed E-state index contributed by atoms with van der Waals surface area (Å²) in [6, 6.07) is 9.84. The minimum Gasteiger partial charge on any atom is -0.305 e. The second-order valence-electron chi connectivity index (χ2n) is 4.58. The van der Waals surface area contributed by atoms with Crippen LogP contribution < -0.4 is 5.32 Å². The van der Waals surface area contributed by atoms with Gasteiger partial charge in [-0.05, 0) is 35.6 Å². The lowest BCUT2D eigenvalue weighted by Crippen LogP contribution is -2.34. The highest BCUT2D eigenvalue weighted by Crippen LogP contribution is 2.26. The quantitative estimate of drug-likeness (QED) is 0.750. The lowest BCUT2D eigenvalue weighted by Gasteiger charge is -2.23. The first-order chi connectivity index (χ1) is 9.33. The summed E-state index contributed by atoms with van der Waals surface area (Å²) in [5.74, 6) is 1.18. The lowest BCUT2D eigenvalue weighted by atomic mass is 10.1. The number of rotatable bonds is 8. The van der Waals surface area contributed by atoms with E-state index >= 15 is 0 Å². The van der Waals surface area contributed by atoms with Gasteiger partial charge < -0.3 is 5.32 Å². The summed E-state index contributed by atoms with van der Waals surface area (Å²) in [6.07, 6.45) is 4.47. The summed E-state index contributed by atoms with van der Waals surface area (Å²) < 4.78 is 0. The average Bonchev–Trinajstić information content (AvgIpc) is 3.10. The third-order valence-electron chi connectivity index (χ3n) is 3.17. The van der Waals surface area contributed by atoms with Crippen LogP contribution in [0.25, 0.3) is 0 Å². The second-order valence-corrected chi connectivity index (χ2v) is 7.50. The Hall–Kier alpha value is -0.290. The highest BCUT2D eigenvalue weighted by atomic mass is 32.2. The second kappa shape index (κ2) is 8.10. The molecule has 1 nitrogen and oxygen atoms in total. The predicted octanol–water partition coefficient (Wildman–Crippen LogP) is 4.82. The molecule has 0 amide bonds. The predicted molar refractivity (Wildman–Crippen MR) is 90.7 cm³/mol. The fraction of sp³-hybridized carbons (Fsp3) is 0.467. The van der Waals surface area contributed by atoms with Crippen LogP contribution in [0.3, 0.4) is 0 Å². The van der Waals surface area contributed by atoms with Crippen LogP contribution in [0.5, 0.6) is 0 Å². The Kier molecular flexibility index (Phi) is 6.44. The highest BCUT2D eigenvalue weighted by Gasteiger charge is 2.17. The van der Waals surface area contributed by atoms with Crippen molar-refractivity contribution in [1.82, 2.24) is 5.32 Å². The molecule has 0 aliphatic heterocycles. The summed E-state index contributed by atoms with van der Waals surface area (Å²) in [6.45, 7) is 2.27. The van der Waals surface area contributed by atoms with Crippen LogP contribution in [0.2, 0.25) is 0 Å². The summed E-state index contributed by atoms with van der Waals surface area (Å²) in [5, 5.41) is 8.18. The van der Waals surface area contributed by atoms with Crippen molar-refractivity contribution in [3.63, 3.8) is 0 Å². The summed E-state index contributed by atoms with van der Waals surface area (Å²) in [5.41, 5.74) is 0. The van der Waals surface area contributed by atoms with Crippen LogP contribution in [-0.4, -0.2) is 18.1 Å².